The fourth-order valence-electron chi connectivity index (χ4n) is 1.51. The SMILES string of the molecule is CCC(C)Nc1ccc(NC(=O)NC2CC2)nc1. The number of carbonyl (C=O) groups excluding carboxylic acids is 1. The van der Waals surface area contributed by atoms with Gasteiger partial charge in [0.2, 0.25) is 0 Å². The third-order valence-corrected chi connectivity index (χ3v) is 2.94. The van der Waals surface area contributed by atoms with Crippen LogP contribution >= 0.6 is 0 Å². The van der Waals surface area contributed by atoms with Crippen molar-refractivity contribution in [3.63, 3.8) is 0 Å². The average molecular weight is 248 g/mol. The summed E-state index contributed by atoms with van der Waals surface area (Å²) in [4.78, 5) is 15.7. The minimum Gasteiger partial charge on any atom is -0.381 e. The molecule has 0 aliphatic heterocycles. The minimum absolute atomic E-state index is 0.173. The molecule has 98 valence electrons. The zero-order chi connectivity index (χ0) is 13.0. The van der Waals surface area contributed by atoms with Gasteiger partial charge >= 0.3 is 6.03 Å². The van der Waals surface area contributed by atoms with Gasteiger partial charge in [0.15, 0.2) is 0 Å². The number of anilines is 2. The van der Waals surface area contributed by atoms with Crippen molar-refractivity contribution >= 4 is 17.5 Å². The third kappa shape index (κ3) is 3.91. The Kier molecular flexibility index (Phi) is 4.02. The summed E-state index contributed by atoms with van der Waals surface area (Å²) < 4.78 is 0. The summed E-state index contributed by atoms with van der Waals surface area (Å²) in [5.41, 5.74) is 0.970. The second-order valence-electron chi connectivity index (χ2n) is 4.76. The number of nitrogens with one attached hydrogen (secondary N) is 3. The van der Waals surface area contributed by atoms with Crippen molar-refractivity contribution in [3.05, 3.63) is 18.3 Å². The third-order valence-electron chi connectivity index (χ3n) is 2.94. The van der Waals surface area contributed by atoms with E-state index >= 15 is 0 Å². The van der Waals surface area contributed by atoms with Gasteiger partial charge in [0, 0.05) is 12.1 Å². The predicted molar refractivity (Wildman–Crippen MR) is 72.8 cm³/mol. The van der Waals surface area contributed by atoms with Crippen LogP contribution in [0.25, 0.3) is 0 Å². The number of rotatable bonds is 5. The van der Waals surface area contributed by atoms with E-state index in [0.717, 1.165) is 24.9 Å². The van der Waals surface area contributed by atoms with Crippen LogP contribution in [0.1, 0.15) is 33.1 Å². The van der Waals surface area contributed by atoms with Gasteiger partial charge in [0.05, 0.1) is 11.9 Å². The van der Waals surface area contributed by atoms with Gasteiger partial charge in [-0.3, -0.25) is 5.32 Å². The molecule has 5 heteroatoms. The monoisotopic (exact) mass is 248 g/mol. The number of hydrogen-bond acceptors (Lipinski definition) is 3. The molecule has 1 heterocycles. The number of nitrogens with zero attached hydrogens (tertiary/aromatic N) is 1. The van der Waals surface area contributed by atoms with Crippen LogP contribution in [-0.4, -0.2) is 23.1 Å². The number of urea groups is 1. The van der Waals surface area contributed by atoms with Crippen LogP contribution in [0.4, 0.5) is 16.3 Å². The molecule has 2 amide bonds. The number of carbonyl (C=O) groups is 1. The highest BCUT2D eigenvalue weighted by molar-refractivity contribution is 5.88. The van der Waals surface area contributed by atoms with Gasteiger partial charge in [-0.2, -0.15) is 0 Å². The summed E-state index contributed by atoms with van der Waals surface area (Å²) in [5, 5.41) is 8.89. The molecule has 18 heavy (non-hydrogen) atoms. The summed E-state index contributed by atoms with van der Waals surface area (Å²) in [7, 11) is 0. The summed E-state index contributed by atoms with van der Waals surface area (Å²) in [6.45, 7) is 4.25. The summed E-state index contributed by atoms with van der Waals surface area (Å²) >= 11 is 0. The zero-order valence-corrected chi connectivity index (χ0v) is 10.9. The minimum atomic E-state index is -0.173. The molecule has 3 N–H and O–H groups in total. The van der Waals surface area contributed by atoms with Crippen LogP contribution in [0.2, 0.25) is 0 Å². The highest BCUT2D eigenvalue weighted by atomic mass is 16.2. The highest BCUT2D eigenvalue weighted by Gasteiger charge is 2.23. The van der Waals surface area contributed by atoms with Gasteiger partial charge < -0.3 is 10.6 Å². The van der Waals surface area contributed by atoms with E-state index in [0.29, 0.717) is 17.9 Å². The van der Waals surface area contributed by atoms with Crippen LogP contribution in [0.15, 0.2) is 18.3 Å². The van der Waals surface area contributed by atoms with Crippen molar-refractivity contribution < 1.29 is 4.79 Å². The Morgan fingerprint density at radius 3 is 2.83 bits per heavy atom. The van der Waals surface area contributed by atoms with Crippen molar-refractivity contribution in [3.8, 4) is 0 Å². The fourth-order valence-corrected chi connectivity index (χ4v) is 1.51. The quantitative estimate of drug-likeness (QED) is 0.750. The molecule has 1 aliphatic rings. The summed E-state index contributed by atoms with van der Waals surface area (Å²) in [6, 6.07) is 4.33. The first-order chi connectivity index (χ1) is 8.67. The lowest BCUT2D eigenvalue weighted by molar-refractivity contribution is 0.251. The van der Waals surface area contributed by atoms with E-state index in [2.05, 4.69) is 34.8 Å². The second kappa shape index (κ2) is 5.71. The first kappa shape index (κ1) is 12.7. The van der Waals surface area contributed by atoms with E-state index in [9.17, 15) is 4.79 Å². The van der Waals surface area contributed by atoms with Crippen LogP contribution in [0, 0.1) is 0 Å². The Morgan fingerprint density at radius 1 is 1.50 bits per heavy atom. The summed E-state index contributed by atoms with van der Waals surface area (Å²) in [6.07, 6.45) is 4.96. The van der Waals surface area contributed by atoms with Crippen molar-refractivity contribution in [1.29, 1.82) is 0 Å². The van der Waals surface area contributed by atoms with Crippen molar-refractivity contribution in [2.75, 3.05) is 10.6 Å². The van der Waals surface area contributed by atoms with Gasteiger partial charge in [-0.25, -0.2) is 9.78 Å². The Morgan fingerprint density at radius 2 is 2.28 bits per heavy atom. The Bertz CT molecular complexity index is 400. The van der Waals surface area contributed by atoms with E-state index in [1.54, 1.807) is 12.3 Å². The molecule has 5 nitrogen and oxygen atoms in total. The molecular weight excluding hydrogens is 228 g/mol. The van der Waals surface area contributed by atoms with Crippen molar-refractivity contribution in [1.82, 2.24) is 10.3 Å². The molecule has 0 bridgehead atoms. The highest BCUT2D eigenvalue weighted by Crippen LogP contribution is 2.18. The van der Waals surface area contributed by atoms with Crippen molar-refractivity contribution in [2.45, 2.75) is 45.2 Å². The number of pyridine rings is 1. The first-order valence-electron chi connectivity index (χ1n) is 6.47. The molecule has 0 spiro atoms. The molecule has 0 saturated heterocycles. The lowest BCUT2D eigenvalue weighted by atomic mass is 10.2. The van der Waals surface area contributed by atoms with Crippen LogP contribution in [0.3, 0.4) is 0 Å². The standard InChI is InChI=1S/C13H20N4O/c1-3-9(2)15-11-6-7-12(14-8-11)17-13(18)16-10-4-5-10/h6-10,15H,3-5H2,1-2H3,(H2,14,16,17,18). The Balaban J connectivity index is 1.84. The van der Waals surface area contributed by atoms with Crippen molar-refractivity contribution in [2.24, 2.45) is 0 Å². The Hall–Kier alpha value is -1.78. The zero-order valence-electron chi connectivity index (χ0n) is 10.9. The predicted octanol–water partition coefficient (Wildman–Crippen LogP) is 2.58. The van der Waals surface area contributed by atoms with Crippen LogP contribution in [0.5, 0.6) is 0 Å². The lowest BCUT2D eigenvalue weighted by Gasteiger charge is -2.13. The number of aromatic nitrogens is 1. The molecular formula is C13H20N4O. The maximum Gasteiger partial charge on any atom is 0.320 e. The molecule has 0 aromatic carbocycles. The topological polar surface area (TPSA) is 66.0 Å². The van der Waals surface area contributed by atoms with Crippen LogP contribution in [-0.2, 0) is 0 Å². The Labute approximate surface area is 107 Å². The molecule has 0 radical (unpaired) electrons. The van der Waals surface area contributed by atoms with Gasteiger partial charge in [0.1, 0.15) is 5.82 Å². The van der Waals surface area contributed by atoms with E-state index in [1.165, 1.54) is 0 Å². The van der Waals surface area contributed by atoms with E-state index in [-0.39, 0.29) is 6.03 Å². The molecule has 2 rings (SSSR count). The summed E-state index contributed by atoms with van der Waals surface area (Å²) in [5.74, 6) is 0.572. The maximum absolute atomic E-state index is 11.5. The molecule has 1 aromatic heterocycles. The normalized spacial score (nSPS) is 15.9. The molecule has 1 aromatic rings. The van der Waals surface area contributed by atoms with E-state index in [4.69, 9.17) is 0 Å². The fraction of sp³-hybridized carbons (Fsp3) is 0.538. The molecule has 1 atom stereocenters. The lowest BCUT2D eigenvalue weighted by Crippen LogP contribution is -2.30. The maximum atomic E-state index is 11.5. The first-order valence-corrected chi connectivity index (χ1v) is 6.47. The smallest absolute Gasteiger partial charge is 0.320 e. The molecule has 1 unspecified atom stereocenters. The second-order valence-corrected chi connectivity index (χ2v) is 4.76. The van der Waals surface area contributed by atoms with E-state index < -0.39 is 0 Å². The van der Waals surface area contributed by atoms with Gasteiger partial charge in [-0.1, -0.05) is 6.92 Å². The van der Waals surface area contributed by atoms with Gasteiger partial charge in [-0.15, -0.1) is 0 Å². The van der Waals surface area contributed by atoms with Gasteiger partial charge in [-0.05, 0) is 38.3 Å². The molecule has 1 fully saturated rings. The number of hydrogen-bond donors (Lipinski definition) is 3. The van der Waals surface area contributed by atoms with Crippen LogP contribution < -0.4 is 16.0 Å². The number of amides is 2. The average Bonchev–Trinajstić information content (AvgIpc) is 3.15. The van der Waals surface area contributed by atoms with Gasteiger partial charge in [0.25, 0.3) is 0 Å². The largest absolute Gasteiger partial charge is 0.381 e. The van der Waals surface area contributed by atoms with E-state index in [1.807, 2.05) is 6.07 Å². The molecule has 1 saturated carbocycles. The molecule has 1 aliphatic carbocycles.